The number of hydrogen-bond acceptors (Lipinski definition) is 6. The maximum atomic E-state index is 14.9. The maximum absolute atomic E-state index is 14.9. The number of nitrogens with zero attached hydrogens (tertiary/aromatic N) is 5. The van der Waals surface area contributed by atoms with Crippen molar-refractivity contribution in [1.29, 1.82) is 0 Å². The Balaban J connectivity index is 1.31. The predicted molar refractivity (Wildman–Crippen MR) is 223 cm³/mol. The molecular weight excluding hydrogens is 762 g/mol. The molecule has 12 heteroatoms. The van der Waals surface area contributed by atoms with E-state index in [4.69, 9.17) is 32.7 Å². The van der Waals surface area contributed by atoms with Crippen molar-refractivity contribution in [3.63, 3.8) is 0 Å². The Morgan fingerprint density at radius 2 is 1.59 bits per heavy atom. The summed E-state index contributed by atoms with van der Waals surface area (Å²) >= 11 is 12.5. The van der Waals surface area contributed by atoms with E-state index in [0.717, 1.165) is 16.8 Å². The van der Waals surface area contributed by atoms with Gasteiger partial charge >= 0.3 is 0 Å². The van der Waals surface area contributed by atoms with E-state index in [2.05, 4.69) is 74.3 Å². The Kier molecular flexibility index (Phi) is 10.8. The average molecular weight is 811 g/mol. The summed E-state index contributed by atoms with van der Waals surface area (Å²) in [7, 11) is -2.95. The molecule has 1 unspecified atom stereocenters. The molecule has 1 N–H and O–H groups in total. The lowest BCUT2D eigenvalue weighted by Crippen LogP contribution is -2.67. The topological polar surface area (TPSA) is 101 Å². The van der Waals surface area contributed by atoms with Gasteiger partial charge in [0.05, 0.1) is 46.7 Å². The molecule has 9 nitrogen and oxygen atoms in total. The first-order valence-corrected chi connectivity index (χ1v) is 21.8. The van der Waals surface area contributed by atoms with E-state index in [1.807, 2.05) is 47.7 Å². The monoisotopic (exact) mass is 809 g/mol. The number of halogens is 2. The Hall–Kier alpha value is -4.32. The van der Waals surface area contributed by atoms with Crippen molar-refractivity contribution in [2.75, 3.05) is 13.2 Å². The number of pyridine rings is 1. The normalized spacial score (nSPS) is 18.1. The van der Waals surface area contributed by atoms with Crippen molar-refractivity contribution >= 4 is 53.7 Å². The number of aliphatic hydroxyl groups is 1. The van der Waals surface area contributed by atoms with Gasteiger partial charge in [0.2, 0.25) is 0 Å². The van der Waals surface area contributed by atoms with Crippen molar-refractivity contribution < 1.29 is 19.1 Å². The highest BCUT2D eigenvalue weighted by molar-refractivity contribution is 6.99. The van der Waals surface area contributed by atoms with Gasteiger partial charge in [-0.2, -0.15) is 5.10 Å². The molecule has 4 heterocycles. The Bertz CT molecular complexity index is 2200. The number of fused-ring (bicyclic) bond motifs is 3. The van der Waals surface area contributed by atoms with E-state index in [1.54, 1.807) is 43.1 Å². The molecule has 0 aliphatic carbocycles. The Morgan fingerprint density at radius 3 is 2.14 bits per heavy atom. The van der Waals surface area contributed by atoms with E-state index in [-0.39, 0.29) is 41.5 Å². The molecule has 0 bridgehead atoms. The minimum absolute atomic E-state index is 0.170. The standard InChI is InChI=1S/C44H49Cl2N5O4Si/c1-28-22-38-35(26-49(28)41(52)30-18-20-36(45)37(46)23-30)40-42(53)50(29(2)31-19-21-39(47-24-31)44(6,7)54)25-32(51(40)48-38)27-55-56(43(3,4)5,33-14-10-8-11-15-33)34-16-12-9-13-17-34/h8-21,23-24,28-29,32,54H,22,25-27H2,1-7H3/t28-,29?,32+/m1/s1. The lowest BCUT2D eigenvalue weighted by Gasteiger charge is -2.45. The number of carbonyl (C=O) groups is 2. The van der Waals surface area contributed by atoms with Crippen LogP contribution in [-0.4, -0.2) is 69.0 Å². The second-order valence-corrected chi connectivity index (χ2v) is 21.8. The van der Waals surface area contributed by atoms with Crippen molar-refractivity contribution in [2.45, 2.75) is 90.2 Å². The minimum Gasteiger partial charge on any atom is -0.405 e. The second kappa shape index (κ2) is 15.2. The SMILES string of the molecule is CC(c1ccc(C(C)(C)O)nc1)N1C[C@@H](CO[Si](c2ccccc2)(c2ccccc2)C(C)(C)C)n2nc3c(c2C1=O)CN(C(=O)c1ccc(Cl)c(Cl)c1)[C@H](C)C3. The highest BCUT2D eigenvalue weighted by Gasteiger charge is 2.51. The molecule has 0 saturated heterocycles. The van der Waals surface area contributed by atoms with Crippen LogP contribution in [0, 0.1) is 0 Å². The van der Waals surface area contributed by atoms with Gasteiger partial charge in [-0.05, 0) is 72.9 Å². The number of carbonyl (C=O) groups excluding carboxylic acids is 2. The molecular formula is C44H49Cl2N5O4Si. The average Bonchev–Trinajstić information content (AvgIpc) is 3.55. The first kappa shape index (κ1) is 39.9. The fourth-order valence-electron chi connectivity index (χ4n) is 8.28. The number of rotatable bonds is 9. The molecule has 292 valence electrons. The third-order valence-corrected chi connectivity index (χ3v) is 17.1. The lowest BCUT2D eigenvalue weighted by atomic mass is 9.96. The molecule has 5 aromatic rings. The van der Waals surface area contributed by atoms with Gasteiger partial charge in [-0.25, -0.2) is 0 Å². The predicted octanol–water partition coefficient (Wildman–Crippen LogP) is 7.73. The van der Waals surface area contributed by atoms with Crippen molar-refractivity contribution in [1.82, 2.24) is 24.6 Å². The summed E-state index contributed by atoms with van der Waals surface area (Å²) in [6, 6.07) is 28.8. The lowest BCUT2D eigenvalue weighted by molar-refractivity contribution is 0.0519. The fourth-order valence-corrected chi connectivity index (χ4v) is 13.2. The molecule has 2 aromatic heterocycles. The maximum Gasteiger partial charge on any atom is 0.273 e. The Labute approximate surface area is 340 Å². The molecule has 2 aliphatic rings. The van der Waals surface area contributed by atoms with Crippen molar-refractivity contribution in [3.8, 4) is 0 Å². The number of amides is 2. The van der Waals surface area contributed by atoms with E-state index < -0.39 is 13.9 Å². The summed E-state index contributed by atoms with van der Waals surface area (Å²) in [5.74, 6) is -0.365. The van der Waals surface area contributed by atoms with Gasteiger partial charge in [0.25, 0.3) is 20.1 Å². The van der Waals surface area contributed by atoms with E-state index in [0.29, 0.717) is 46.6 Å². The van der Waals surface area contributed by atoms with Crippen LogP contribution in [0.15, 0.2) is 97.2 Å². The highest BCUT2D eigenvalue weighted by Crippen LogP contribution is 2.40. The zero-order valence-corrected chi connectivity index (χ0v) is 35.5. The molecule has 0 fully saturated rings. The van der Waals surface area contributed by atoms with Crippen LogP contribution in [0.3, 0.4) is 0 Å². The first-order chi connectivity index (χ1) is 26.5. The van der Waals surface area contributed by atoms with E-state index in [9.17, 15) is 14.7 Å². The number of aromatic nitrogens is 3. The van der Waals surface area contributed by atoms with Gasteiger partial charge in [0, 0.05) is 36.3 Å². The van der Waals surface area contributed by atoms with E-state index >= 15 is 0 Å². The summed E-state index contributed by atoms with van der Waals surface area (Å²) in [5.41, 5.74) is 2.72. The molecule has 3 aromatic carbocycles. The van der Waals surface area contributed by atoms with Crippen LogP contribution in [0.4, 0.5) is 0 Å². The number of hydrogen-bond donors (Lipinski definition) is 1. The van der Waals surface area contributed by atoms with Crippen LogP contribution in [0.1, 0.15) is 104 Å². The van der Waals surface area contributed by atoms with Gasteiger partial charge in [-0.3, -0.25) is 19.3 Å². The van der Waals surface area contributed by atoms with Crippen LogP contribution in [-0.2, 0) is 23.0 Å². The zero-order valence-electron chi connectivity index (χ0n) is 33.0. The summed E-state index contributed by atoms with van der Waals surface area (Å²) in [6.45, 7) is 15.0. The Morgan fingerprint density at radius 1 is 0.946 bits per heavy atom. The smallest absolute Gasteiger partial charge is 0.273 e. The van der Waals surface area contributed by atoms with Crippen LogP contribution >= 0.6 is 23.2 Å². The van der Waals surface area contributed by atoms with Crippen LogP contribution < -0.4 is 10.4 Å². The molecule has 0 spiro atoms. The van der Waals surface area contributed by atoms with Gasteiger partial charge < -0.3 is 19.3 Å². The third kappa shape index (κ3) is 7.22. The molecule has 2 amide bonds. The fraction of sp³-hybridized carbons (Fsp3) is 0.364. The zero-order chi connectivity index (χ0) is 40.2. The van der Waals surface area contributed by atoms with Crippen molar-refractivity contribution in [3.05, 3.63) is 141 Å². The molecule has 0 saturated carbocycles. The van der Waals surface area contributed by atoms with Gasteiger partial charge in [-0.1, -0.05) is 111 Å². The molecule has 56 heavy (non-hydrogen) atoms. The molecule has 7 rings (SSSR count). The van der Waals surface area contributed by atoms with Gasteiger partial charge in [0.15, 0.2) is 0 Å². The third-order valence-electron chi connectivity index (χ3n) is 11.4. The summed E-state index contributed by atoms with van der Waals surface area (Å²) in [6.07, 6.45) is 2.22. The van der Waals surface area contributed by atoms with Gasteiger partial charge in [-0.15, -0.1) is 0 Å². The van der Waals surface area contributed by atoms with E-state index in [1.165, 1.54) is 10.4 Å². The summed E-state index contributed by atoms with van der Waals surface area (Å²) in [5, 5.41) is 18.5. The quantitative estimate of drug-likeness (QED) is 0.153. The summed E-state index contributed by atoms with van der Waals surface area (Å²) in [4.78, 5) is 37.1. The first-order valence-electron chi connectivity index (χ1n) is 19.1. The largest absolute Gasteiger partial charge is 0.405 e. The molecule has 3 atom stereocenters. The molecule has 2 aliphatic heterocycles. The minimum atomic E-state index is -2.95. The van der Waals surface area contributed by atoms with Crippen LogP contribution in [0.25, 0.3) is 0 Å². The number of benzene rings is 3. The summed E-state index contributed by atoms with van der Waals surface area (Å²) < 4.78 is 9.37. The second-order valence-electron chi connectivity index (χ2n) is 16.6. The van der Waals surface area contributed by atoms with Crippen LogP contribution in [0.5, 0.6) is 0 Å². The van der Waals surface area contributed by atoms with Crippen molar-refractivity contribution in [2.24, 2.45) is 0 Å². The van der Waals surface area contributed by atoms with Crippen LogP contribution in [0.2, 0.25) is 15.1 Å². The highest BCUT2D eigenvalue weighted by atomic mass is 35.5. The van der Waals surface area contributed by atoms with Gasteiger partial charge in [0.1, 0.15) is 11.3 Å². The molecule has 0 radical (unpaired) electrons.